The summed E-state index contributed by atoms with van der Waals surface area (Å²) in [5, 5.41) is 2.96. The van der Waals surface area contributed by atoms with Crippen LogP contribution in [0.3, 0.4) is 0 Å². The van der Waals surface area contributed by atoms with Gasteiger partial charge in [-0.2, -0.15) is 0 Å². The molecule has 2 aromatic carbocycles. The minimum absolute atomic E-state index is 0.172. The third-order valence-corrected chi connectivity index (χ3v) is 4.98. The van der Waals surface area contributed by atoms with Crippen LogP contribution in [0, 0.1) is 5.82 Å². The summed E-state index contributed by atoms with van der Waals surface area (Å²) >= 11 is 4.56. The summed E-state index contributed by atoms with van der Waals surface area (Å²) in [6.07, 6.45) is 1.70. The molecular formula is C18H14BrFN2O3S. The van der Waals surface area contributed by atoms with Gasteiger partial charge in [0.1, 0.15) is 11.5 Å². The number of amides is 1. The molecule has 8 heteroatoms. The van der Waals surface area contributed by atoms with E-state index < -0.39 is 5.82 Å². The van der Waals surface area contributed by atoms with Gasteiger partial charge in [0.05, 0.1) is 23.6 Å². The topological polar surface area (TPSA) is 59.9 Å². The molecule has 0 saturated carbocycles. The van der Waals surface area contributed by atoms with Gasteiger partial charge < -0.3 is 14.8 Å². The molecule has 1 aliphatic heterocycles. The second kappa shape index (κ2) is 7.92. The van der Waals surface area contributed by atoms with Crippen LogP contribution in [0.5, 0.6) is 11.5 Å². The van der Waals surface area contributed by atoms with E-state index in [0.29, 0.717) is 26.0 Å². The van der Waals surface area contributed by atoms with Crippen LogP contribution in [0.15, 0.2) is 50.8 Å². The number of para-hydroxylation sites is 1. The third-order valence-electron chi connectivity index (χ3n) is 3.48. The van der Waals surface area contributed by atoms with Crippen molar-refractivity contribution in [2.75, 3.05) is 14.2 Å². The van der Waals surface area contributed by atoms with E-state index >= 15 is 0 Å². The number of nitrogens with zero attached hydrogens (tertiary/aromatic N) is 1. The van der Waals surface area contributed by atoms with Gasteiger partial charge in [0, 0.05) is 0 Å². The van der Waals surface area contributed by atoms with E-state index in [4.69, 9.17) is 9.47 Å². The molecule has 1 heterocycles. The van der Waals surface area contributed by atoms with Gasteiger partial charge in [0.25, 0.3) is 5.91 Å². The van der Waals surface area contributed by atoms with E-state index in [1.807, 2.05) is 6.07 Å². The van der Waals surface area contributed by atoms with Crippen LogP contribution in [0.2, 0.25) is 0 Å². The molecular weight excluding hydrogens is 423 g/mol. The average molecular weight is 437 g/mol. The maximum atomic E-state index is 13.7. The van der Waals surface area contributed by atoms with Crippen LogP contribution in [-0.2, 0) is 4.79 Å². The first kappa shape index (κ1) is 18.5. The molecule has 0 atom stereocenters. The van der Waals surface area contributed by atoms with Crippen LogP contribution in [0.1, 0.15) is 5.56 Å². The molecule has 3 rings (SSSR count). The van der Waals surface area contributed by atoms with Crippen LogP contribution in [0.25, 0.3) is 6.08 Å². The fourth-order valence-electron chi connectivity index (χ4n) is 2.30. The van der Waals surface area contributed by atoms with Gasteiger partial charge in [0.15, 0.2) is 16.7 Å². The Morgan fingerprint density at radius 2 is 2.00 bits per heavy atom. The number of hydrogen-bond donors (Lipinski definition) is 1. The van der Waals surface area contributed by atoms with Crippen molar-refractivity contribution in [3.05, 3.63) is 57.2 Å². The number of ether oxygens (including phenoxy) is 2. The van der Waals surface area contributed by atoms with E-state index in [0.717, 1.165) is 17.3 Å². The quantitative estimate of drug-likeness (QED) is 0.716. The molecule has 0 radical (unpaired) electrons. The molecule has 134 valence electrons. The number of thioether (sulfide) groups is 1. The number of methoxy groups -OCH3 is 2. The fourth-order valence-corrected chi connectivity index (χ4v) is 3.76. The highest BCUT2D eigenvalue weighted by atomic mass is 79.9. The molecule has 0 aliphatic carbocycles. The molecule has 1 aliphatic rings. The van der Waals surface area contributed by atoms with E-state index in [1.54, 1.807) is 37.5 Å². The van der Waals surface area contributed by atoms with Crippen molar-refractivity contribution in [3.8, 4) is 11.5 Å². The highest BCUT2D eigenvalue weighted by molar-refractivity contribution is 9.10. The van der Waals surface area contributed by atoms with Crippen molar-refractivity contribution >= 4 is 50.5 Å². The van der Waals surface area contributed by atoms with E-state index in [-0.39, 0.29) is 11.6 Å². The van der Waals surface area contributed by atoms with Crippen molar-refractivity contribution in [2.24, 2.45) is 4.99 Å². The fraction of sp³-hybridized carbons (Fsp3) is 0.111. The van der Waals surface area contributed by atoms with Crippen LogP contribution in [0.4, 0.5) is 10.1 Å². The lowest BCUT2D eigenvalue weighted by Crippen LogP contribution is -2.19. The summed E-state index contributed by atoms with van der Waals surface area (Å²) in [7, 11) is 3.09. The number of carbonyl (C=O) groups excluding carboxylic acids is 1. The van der Waals surface area contributed by atoms with E-state index in [1.165, 1.54) is 13.2 Å². The maximum Gasteiger partial charge on any atom is 0.264 e. The van der Waals surface area contributed by atoms with Gasteiger partial charge in [-0.25, -0.2) is 9.38 Å². The molecule has 1 amide bonds. The lowest BCUT2D eigenvalue weighted by atomic mass is 10.2. The number of nitrogens with one attached hydrogen (secondary N) is 1. The van der Waals surface area contributed by atoms with Gasteiger partial charge in [-0.1, -0.05) is 12.1 Å². The van der Waals surface area contributed by atoms with Crippen molar-refractivity contribution in [1.29, 1.82) is 0 Å². The van der Waals surface area contributed by atoms with Crippen molar-refractivity contribution < 1.29 is 18.7 Å². The average Bonchev–Trinajstić information content (AvgIpc) is 2.95. The molecule has 0 unspecified atom stereocenters. The zero-order valence-corrected chi connectivity index (χ0v) is 16.3. The van der Waals surface area contributed by atoms with Gasteiger partial charge >= 0.3 is 0 Å². The number of halogens is 2. The van der Waals surface area contributed by atoms with Gasteiger partial charge in [-0.15, -0.1) is 0 Å². The Morgan fingerprint density at radius 3 is 2.69 bits per heavy atom. The minimum Gasteiger partial charge on any atom is -0.493 e. The zero-order valence-electron chi connectivity index (χ0n) is 13.9. The summed E-state index contributed by atoms with van der Waals surface area (Å²) in [6.45, 7) is 0. The largest absolute Gasteiger partial charge is 0.493 e. The minimum atomic E-state index is -0.448. The van der Waals surface area contributed by atoms with Crippen LogP contribution >= 0.6 is 27.7 Å². The summed E-state index contributed by atoms with van der Waals surface area (Å²) in [5.41, 5.74) is 0.921. The molecule has 1 saturated heterocycles. The summed E-state index contributed by atoms with van der Waals surface area (Å²) in [4.78, 5) is 16.8. The van der Waals surface area contributed by atoms with Gasteiger partial charge in [-0.3, -0.25) is 4.79 Å². The molecule has 0 spiro atoms. The molecule has 1 N–H and O–H groups in total. The molecule has 5 nitrogen and oxygen atoms in total. The number of rotatable bonds is 4. The first-order valence-corrected chi connectivity index (χ1v) is 9.08. The number of hydrogen-bond acceptors (Lipinski definition) is 5. The highest BCUT2D eigenvalue weighted by Gasteiger charge is 2.24. The predicted molar refractivity (Wildman–Crippen MR) is 104 cm³/mol. The smallest absolute Gasteiger partial charge is 0.264 e. The highest BCUT2D eigenvalue weighted by Crippen LogP contribution is 2.38. The Morgan fingerprint density at radius 1 is 1.23 bits per heavy atom. The summed E-state index contributed by atoms with van der Waals surface area (Å²) in [6, 6.07) is 9.70. The molecule has 0 bridgehead atoms. The van der Waals surface area contributed by atoms with Gasteiger partial charge in [0.2, 0.25) is 0 Å². The molecule has 0 aromatic heterocycles. The number of aliphatic imine (C=N–C) groups is 1. The maximum absolute atomic E-state index is 13.7. The predicted octanol–water partition coefficient (Wildman–Crippen LogP) is 4.50. The number of carbonyl (C=O) groups is 1. The first-order valence-electron chi connectivity index (χ1n) is 7.47. The number of amidine groups is 1. The van der Waals surface area contributed by atoms with Crippen molar-refractivity contribution in [3.63, 3.8) is 0 Å². The number of benzene rings is 2. The van der Waals surface area contributed by atoms with Crippen LogP contribution < -0.4 is 14.8 Å². The summed E-state index contributed by atoms with van der Waals surface area (Å²) in [5.74, 6) is 0.365. The Bertz CT molecular complexity index is 931. The van der Waals surface area contributed by atoms with Gasteiger partial charge in [-0.05, 0) is 63.6 Å². The summed E-state index contributed by atoms with van der Waals surface area (Å²) < 4.78 is 25.0. The molecule has 26 heavy (non-hydrogen) atoms. The molecule has 1 fully saturated rings. The first-order chi connectivity index (χ1) is 12.5. The lowest BCUT2D eigenvalue weighted by Gasteiger charge is -2.10. The normalized spacial score (nSPS) is 16.8. The molecule has 2 aromatic rings. The van der Waals surface area contributed by atoms with E-state index in [9.17, 15) is 9.18 Å². The SMILES string of the molecule is COc1cc(/C=C2\SC(=Nc3ccccc3F)NC2=O)cc(Br)c1OC. The van der Waals surface area contributed by atoms with Crippen molar-refractivity contribution in [1.82, 2.24) is 5.32 Å². The van der Waals surface area contributed by atoms with Crippen LogP contribution in [-0.4, -0.2) is 25.3 Å². The van der Waals surface area contributed by atoms with Crippen molar-refractivity contribution in [2.45, 2.75) is 0 Å². The Labute approximate surface area is 162 Å². The Kier molecular flexibility index (Phi) is 5.63. The lowest BCUT2D eigenvalue weighted by molar-refractivity contribution is -0.115. The second-order valence-corrected chi connectivity index (χ2v) is 7.06. The Hall–Kier alpha value is -2.32. The van der Waals surface area contributed by atoms with E-state index in [2.05, 4.69) is 26.2 Å². The standard InChI is InChI=1S/C18H14BrFN2O3S/c1-24-14-8-10(7-11(19)16(14)25-2)9-15-17(23)22-18(26-15)21-13-6-4-3-5-12(13)20/h3-9H,1-2H3,(H,21,22,23)/b15-9-. The third kappa shape index (κ3) is 3.91. The second-order valence-electron chi connectivity index (χ2n) is 5.17. The zero-order chi connectivity index (χ0) is 18.7. The monoisotopic (exact) mass is 436 g/mol. The Balaban J connectivity index is 1.90.